The molecule has 1 fully saturated rings. The highest BCUT2D eigenvalue weighted by Gasteiger charge is 2.38. The second kappa shape index (κ2) is 11.5. The average molecular weight is 298 g/mol. The molecule has 2 heteroatoms. The first-order valence-corrected chi connectivity index (χ1v) is 9.66. The van der Waals surface area contributed by atoms with Crippen LogP contribution >= 0.6 is 0 Å². The molecule has 0 spiro atoms. The van der Waals surface area contributed by atoms with Crippen molar-refractivity contribution in [2.75, 3.05) is 13.2 Å². The Labute approximate surface area is 133 Å². The number of hydrogen-bond donors (Lipinski definition) is 1. The zero-order valence-electron chi connectivity index (χ0n) is 14.9. The van der Waals surface area contributed by atoms with Crippen LogP contribution in [0.5, 0.6) is 0 Å². The average Bonchev–Trinajstić information content (AvgIpc) is 2.73. The molecule has 1 saturated carbocycles. The van der Waals surface area contributed by atoms with E-state index in [4.69, 9.17) is 4.74 Å². The Hall–Kier alpha value is -0.0800. The van der Waals surface area contributed by atoms with Crippen LogP contribution in [-0.4, -0.2) is 24.8 Å². The van der Waals surface area contributed by atoms with Gasteiger partial charge in [-0.2, -0.15) is 0 Å². The number of rotatable bonds is 11. The van der Waals surface area contributed by atoms with Crippen LogP contribution in [-0.2, 0) is 4.74 Å². The van der Waals surface area contributed by atoms with Crippen LogP contribution in [0.25, 0.3) is 0 Å². The van der Waals surface area contributed by atoms with Crippen LogP contribution in [0.1, 0.15) is 97.8 Å². The maximum Gasteiger partial charge on any atom is 0.0834 e. The number of nitrogens with one attached hydrogen (secondary N) is 1. The molecule has 0 aromatic carbocycles. The number of hydrogen-bond acceptors (Lipinski definition) is 2. The third kappa shape index (κ3) is 6.69. The lowest BCUT2D eigenvalue weighted by molar-refractivity contribution is -0.0786. The molecule has 1 rings (SSSR count). The smallest absolute Gasteiger partial charge is 0.0834 e. The fourth-order valence-electron chi connectivity index (χ4n) is 3.96. The van der Waals surface area contributed by atoms with Crippen LogP contribution in [0, 0.1) is 0 Å². The van der Waals surface area contributed by atoms with Gasteiger partial charge in [0.1, 0.15) is 0 Å². The molecule has 0 heterocycles. The number of likely N-dealkylation sites (N-methyl/N-ethyl adjacent to an activating group) is 1. The highest BCUT2D eigenvalue weighted by molar-refractivity contribution is 4.94. The van der Waals surface area contributed by atoms with E-state index in [-0.39, 0.29) is 5.60 Å². The third-order valence-corrected chi connectivity index (χ3v) is 5.06. The normalized spacial score (nSPS) is 20.1. The summed E-state index contributed by atoms with van der Waals surface area (Å²) in [4.78, 5) is 0. The van der Waals surface area contributed by atoms with Crippen molar-refractivity contribution in [1.82, 2.24) is 5.32 Å². The first-order valence-electron chi connectivity index (χ1n) is 9.66. The van der Waals surface area contributed by atoms with Crippen molar-refractivity contribution in [3.63, 3.8) is 0 Å². The van der Waals surface area contributed by atoms with Gasteiger partial charge in [0.05, 0.1) is 5.60 Å². The Morgan fingerprint density at radius 3 is 2.14 bits per heavy atom. The highest BCUT2D eigenvalue weighted by Crippen LogP contribution is 2.35. The first kappa shape index (κ1) is 19.0. The quantitative estimate of drug-likeness (QED) is 0.404. The van der Waals surface area contributed by atoms with Crippen molar-refractivity contribution in [3.8, 4) is 0 Å². The first-order chi connectivity index (χ1) is 10.3. The van der Waals surface area contributed by atoms with Gasteiger partial charge < -0.3 is 10.1 Å². The highest BCUT2D eigenvalue weighted by atomic mass is 16.5. The summed E-state index contributed by atoms with van der Waals surface area (Å²) in [5, 5.41) is 3.77. The fraction of sp³-hybridized carbons (Fsp3) is 1.00. The molecule has 1 aliphatic rings. The summed E-state index contributed by atoms with van der Waals surface area (Å²) >= 11 is 0. The lowest BCUT2D eigenvalue weighted by atomic mass is 9.83. The minimum atomic E-state index is 0.117. The monoisotopic (exact) mass is 297 g/mol. The molecular weight excluding hydrogens is 258 g/mol. The van der Waals surface area contributed by atoms with Gasteiger partial charge in [-0.15, -0.1) is 0 Å². The maximum atomic E-state index is 6.38. The van der Waals surface area contributed by atoms with Gasteiger partial charge >= 0.3 is 0 Å². The molecule has 0 saturated heterocycles. The van der Waals surface area contributed by atoms with Crippen LogP contribution in [0.15, 0.2) is 0 Å². The summed E-state index contributed by atoms with van der Waals surface area (Å²) in [6, 6.07) is 0.558. The molecule has 126 valence electrons. The lowest BCUT2D eigenvalue weighted by Gasteiger charge is -2.41. The second-order valence-electron chi connectivity index (χ2n) is 6.73. The van der Waals surface area contributed by atoms with Crippen molar-refractivity contribution < 1.29 is 4.74 Å². The van der Waals surface area contributed by atoms with E-state index < -0.39 is 0 Å². The molecule has 1 aliphatic carbocycles. The van der Waals surface area contributed by atoms with Crippen LogP contribution in [0.3, 0.4) is 0 Å². The summed E-state index contributed by atoms with van der Waals surface area (Å²) in [5.41, 5.74) is 0.117. The standard InChI is InChI=1S/C19H39NO/c1-4-7-8-9-12-15-18(20-5-2)19(21-6-3)16-13-10-11-14-17-19/h18,20H,4-17H2,1-3H3. The predicted octanol–water partition coefficient (Wildman–Crippen LogP) is 5.45. The Morgan fingerprint density at radius 1 is 0.905 bits per heavy atom. The molecule has 1 N–H and O–H groups in total. The van der Waals surface area contributed by atoms with Gasteiger partial charge in [0.25, 0.3) is 0 Å². The minimum absolute atomic E-state index is 0.117. The lowest BCUT2D eigenvalue weighted by Crippen LogP contribution is -2.52. The van der Waals surface area contributed by atoms with Crippen molar-refractivity contribution in [2.24, 2.45) is 0 Å². The Bertz CT molecular complexity index is 234. The Balaban J connectivity index is 2.58. The van der Waals surface area contributed by atoms with Gasteiger partial charge in [-0.1, -0.05) is 71.6 Å². The van der Waals surface area contributed by atoms with Gasteiger partial charge in [-0.25, -0.2) is 0 Å². The SMILES string of the molecule is CCCCCCCC(NCC)C1(OCC)CCCCCC1. The second-order valence-corrected chi connectivity index (χ2v) is 6.73. The van der Waals surface area contributed by atoms with Gasteiger partial charge in [0.15, 0.2) is 0 Å². The van der Waals surface area contributed by atoms with Gasteiger partial charge in [-0.3, -0.25) is 0 Å². The molecule has 1 atom stereocenters. The predicted molar refractivity (Wildman–Crippen MR) is 92.9 cm³/mol. The summed E-state index contributed by atoms with van der Waals surface area (Å²) < 4.78 is 6.38. The van der Waals surface area contributed by atoms with E-state index in [1.807, 2.05) is 0 Å². The summed E-state index contributed by atoms with van der Waals surface area (Å²) in [5.74, 6) is 0. The molecule has 2 nitrogen and oxygen atoms in total. The largest absolute Gasteiger partial charge is 0.374 e. The maximum absolute atomic E-state index is 6.38. The fourth-order valence-corrected chi connectivity index (χ4v) is 3.96. The summed E-state index contributed by atoms with van der Waals surface area (Å²) in [6.45, 7) is 8.61. The van der Waals surface area contributed by atoms with Crippen molar-refractivity contribution in [2.45, 2.75) is 109 Å². The van der Waals surface area contributed by atoms with E-state index >= 15 is 0 Å². The minimum Gasteiger partial charge on any atom is -0.374 e. The van der Waals surface area contributed by atoms with Gasteiger partial charge in [0, 0.05) is 12.6 Å². The van der Waals surface area contributed by atoms with Crippen molar-refractivity contribution in [1.29, 1.82) is 0 Å². The summed E-state index contributed by atoms with van der Waals surface area (Å²) in [7, 11) is 0. The topological polar surface area (TPSA) is 21.3 Å². The van der Waals surface area contributed by atoms with E-state index in [0.717, 1.165) is 13.2 Å². The number of unbranched alkanes of at least 4 members (excludes halogenated alkanes) is 4. The van der Waals surface area contributed by atoms with E-state index in [9.17, 15) is 0 Å². The zero-order chi connectivity index (χ0) is 15.4. The molecule has 0 aromatic rings. The molecule has 0 radical (unpaired) electrons. The van der Waals surface area contributed by atoms with Crippen LogP contribution < -0.4 is 5.32 Å². The molecule has 1 unspecified atom stereocenters. The van der Waals surface area contributed by atoms with Gasteiger partial charge in [0.2, 0.25) is 0 Å². The molecule has 21 heavy (non-hydrogen) atoms. The third-order valence-electron chi connectivity index (χ3n) is 5.06. The molecule has 0 bridgehead atoms. The Kier molecular flexibility index (Phi) is 10.4. The molecule has 0 amide bonds. The zero-order valence-corrected chi connectivity index (χ0v) is 14.9. The van der Waals surface area contributed by atoms with E-state index in [2.05, 4.69) is 26.1 Å². The van der Waals surface area contributed by atoms with E-state index in [1.54, 1.807) is 0 Å². The number of ether oxygens (including phenoxy) is 1. The molecular formula is C19H39NO. The van der Waals surface area contributed by atoms with Crippen LogP contribution in [0.4, 0.5) is 0 Å². The van der Waals surface area contributed by atoms with Crippen LogP contribution in [0.2, 0.25) is 0 Å². The van der Waals surface area contributed by atoms with Gasteiger partial charge in [-0.05, 0) is 32.7 Å². The molecule has 0 aromatic heterocycles. The van der Waals surface area contributed by atoms with Crippen molar-refractivity contribution in [3.05, 3.63) is 0 Å². The molecule has 0 aliphatic heterocycles. The van der Waals surface area contributed by atoms with E-state index in [0.29, 0.717) is 6.04 Å². The van der Waals surface area contributed by atoms with E-state index in [1.165, 1.54) is 77.0 Å². The van der Waals surface area contributed by atoms with Crippen molar-refractivity contribution >= 4 is 0 Å². The Morgan fingerprint density at radius 2 is 1.57 bits per heavy atom. The summed E-state index contributed by atoms with van der Waals surface area (Å²) in [6.07, 6.45) is 16.1.